The van der Waals surface area contributed by atoms with Crippen molar-refractivity contribution in [2.45, 2.75) is 24.8 Å². The average Bonchev–Trinajstić information content (AvgIpc) is 3.01. The van der Waals surface area contributed by atoms with Gasteiger partial charge in [0.25, 0.3) is 0 Å². The van der Waals surface area contributed by atoms with Crippen LogP contribution in [0.25, 0.3) is 0 Å². The van der Waals surface area contributed by atoms with Crippen molar-refractivity contribution in [3.63, 3.8) is 0 Å². The van der Waals surface area contributed by atoms with E-state index in [0.29, 0.717) is 6.54 Å². The van der Waals surface area contributed by atoms with Crippen molar-refractivity contribution in [1.29, 1.82) is 0 Å². The number of methoxy groups -OCH3 is 1. The summed E-state index contributed by atoms with van der Waals surface area (Å²) in [7, 11) is 1.75. The number of benzene rings is 1. The third-order valence-electron chi connectivity index (χ3n) is 3.12. The molecule has 0 unspecified atom stereocenters. The second-order valence-electron chi connectivity index (χ2n) is 4.25. The Morgan fingerprint density at radius 1 is 1.33 bits per heavy atom. The first-order valence-corrected chi connectivity index (χ1v) is 5.26. The lowest BCUT2D eigenvalue weighted by molar-refractivity contribution is 0.161. The summed E-state index contributed by atoms with van der Waals surface area (Å²) in [6.07, 6.45) is 2.44. The van der Waals surface area contributed by atoms with Crippen molar-refractivity contribution >= 4 is 0 Å². The minimum atomic E-state index is 0.278. The molecule has 0 heterocycles. The molecule has 3 heteroatoms. The molecule has 0 radical (unpaired) electrons. The molecule has 1 aromatic carbocycles. The molecule has 0 amide bonds. The van der Waals surface area contributed by atoms with Crippen LogP contribution < -0.4 is 5.48 Å². The predicted molar refractivity (Wildman–Crippen MR) is 57.9 cm³/mol. The second-order valence-corrected chi connectivity index (χ2v) is 4.25. The summed E-state index contributed by atoms with van der Waals surface area (Å²) in [6, 6.07) is 8.37. The number of ether oxygens (including phenoxy) is 1. The van der Waals surface area contributed by atoms with Gasteiger partial charge < -0.3 is 9.94 Å². The average molecular weight is 207 g/mol. The summed E-state index contributed by atoms with van der Waals surface area (Å²) in [5.41, 5.74) is 4.88. The molecule has 1 aromatic rings. The van der Waals surface area contributed by atoms with Crippen molar-refractivity contribution < 1.29 is 9.94 Å². The van der Waals surface area contributed by atoms with Crippen LogP contribution in [-0.4, -0.2) is 18.9 Å². The highest BCUT2D eigenvalue weighted by Crippen LogP contribution is 2.48. The van der Waals surface area contributed by atoms with Gasteiger partial charge in [-0.2, -0.15) is 0 Å². The van der Waals surface area contributed by atoms with Gasteiger partial charge >= 0.3 is 0 Å². The smallest absolute Gasteiger partial charge is 0.0559 e. The zero-order chi connectivity index (χ0) is 10.7. The Kier molecular flexibility index (Phi) is 3.05. The molecule has 1 aliphatic carbocycles. The monoisotopic (exact) mass is 207 g/mol. The van der Waals surface area contributed by atoms with E-state index in [1.165, 1.54) is 18.4 Å². The van der Waals surface area contributed by atoms with Crippen molar-refractivity contribution in [3.05, 3.63) is 35.4 Å². The molecule has 2 rings (SSSR count). The van der Waals surface area contributed by atoms with Crippen LogP contribution in [0.15, 0.2) is 24.3 Å². The van der Waals surface area contributed by atoms with Gasteiger partial charge in [0.2, 0.25) is 0 Å². The Balaban J connectivity index is 2.10. The van der Waals surface area contributed by atoms with E-state index in [0.717, 1.165) is 12.2 Å². The van der Waals surface area contributed by atoms with E-state index in [4.69, 9.17) is 9.94 Å². The summed E-state index contributed by atoms with van der Waals surface area (Å²) >= 11 is 0. The first-order valence-electron chi connectivity index (χ1n) is 5.26. The molecule has 15 heavy (non-hydrogen) atoms. The molecule has 3 nitrogen and oxygen atoms in total. The fourth-order valence-corrected chi connectivity index (χ4v) is 2.01. The van der Waals surface area contributed by atoms with E-state index < -0.39 is 0 Å². The minimum absolute atomic E-state index is 0.278. The fraction of sp³-hybridized carbons (Fsp3) is 0.500. The standard InChI is InChI=1S/C12H17NO2/c1-15-9-12(6-7-12)11-4-2-10(3-5-11)8-13-14/h2-5,13-14H,6-9H2,1H3. The Labute approximate surface area is 90.0 Å². The topological polar surface area (TPSA) is 41.5 Å². The molecule has 1 saturated carbocycles. The highest BCUT2D eigenvalue weighted by atomic mass is 16.5. The Morgan fingerprint density at radius 3 is 2.47 bits per heavy atom. The number of hydroxylamine groups is 1. The largest absolute Gasteiger partial charge is 0.384 e. The van der Waals surface area contributed by atoms with Gasteiger partial charge in [-0.15, -0.1) is 0 Å². The van der Waals surface area contributed by atoms with Crippen molar-refractivity contribution in [2.24, 2.45) is 0 Å². The highest BCUT2D eigenvalue weighted by molar-refractivity contribution is 5.33. The van der Waals surface area contributed by atoms with E-state index in [9.17, 15) is 0 Å². The zero-order valence-electron chi connectivity index (χ0n) is 8.99. The summed E-state index contributed by atoms with van der Waals surface area (Å²) in [6.45, 7) is 1.31. The lowest BCUT2D eigenvalue weighted by Gasteiger charge is -2.14. The van der Waals surface area contributed by atoms with Crippen LogP contribution in [0.4, 0.5) is 0 Å². The van der Waals surface area contributed by atoms with Crippen molar-refractivity contribution in [3.8, 4) is 0 Å². The summed E-state index contributed by atoms with van der Waals surface area (Å²) in [5, 5.41) is 8.58. The fourth-order valence-electron chi connectivity index (χ4n) is 2.01. The Bertz CT molecular complexity index is 317. The summed E-state index contributed by atoms with van der Waals surface area (Å²) in [5.74, 6) is 0. The molecular weight excluding hydrogens is 190 g/mol. The SMILES string of the molecule is COCC1(c2ccc(CNO)cc2)CC1. The molecule has 0 bridgehead atoms. The lowest BCUT2D eigenvalue weighted by Crippen LogP contribution is -2.14. The van der Waals surface area contributed by atoms with Gasteiger partial charge in [0, 0.05) is 19.1 Å². The first kappa shape index (κ1) is 10.6. The summed E-state index contributed by atoms with van der Waals surface area (Å²) in [4.78, 5) is 0. The molecule has 0 aliphatic heterocycles. The number of hydrogen-bond acceptors (Lipinski definition) is 3. The van der Waals surface area contributed by atoms with Gasteiger partial charge in [0.1, 0.15) is 0 Å². The third kappa shape index (κ3) is 2.20. The van der Waals surface area contributed by atoms with Gasteiger partial charge in [-0.25, -0.2) is 5.48 Å². The molecule has 0 saturated heterocycles. The lowest BCUT2D eigenvalue weighted by atomic mass is 9.96. The van der Waals surface area contributed by atoms with Gasteiger partial charge in [-0.1, -0.05) is 24.3 Å². The number of rotatable bonds is 5. The van der Waals surface area contributed by atoms with Crippen LogP contribution in [0.3, 0.4) is 0 Å². The quantitative estimate of drug-likeness (QED) is 0.724. The minimum Gasteiger partial charge on any atom is -0.384 e. The van der Waals surface area contributed by atoms with Gasteiger partial charge in [0.15, 0.2) is 0 Å². The first-order chi connectivity index (χ1) is 7.30. The molecule has 1 aliphatic rings. The van der Waals surface area contributed by atoms with Gasteiger partial charge in [-0.05, 0) is 24.0 Å². The maximum atomic E-state index is 8.58. The second kappa shape index (κ2) is 4.31. The maximum absolute atomic E-state index is 8.58. The van der Waals surface area contributed by atoms with Crippen LogP contribution in [0, 0.1) is 0 Å². The number of nitrogens with one attached hydrogen (secondary N) is 1. The molecule has 0 atom stereocenters. The molecule has 1 fully saturated rings. The Morgan fingerprint density at radius 2 is 2.00 bits per heavy atom. The normalized spacial score (nSPS) is 17.7. The molecule has 82 valence electrons. The number of hydrogen-bond donors (Lipinski definition) is 2. The predicted octanol–water partition coefficient (Wildman–Crippen LogP) is 1.84. The van der Waals surface area contributed by atoms with Gasteiger partial charge in [0.05, 0.1) is 6.61 Å². The van der Waals surface area contributed by atoms with Crippen LogP contribution in [0.2, 0.25) is 0 Å². The van der Waals surface area contributed by atoms with E-state index >= 15 is 0 Å². The van der Waals surface area contributed by atoms with Crippen LogP contribution >= 0.6 is 0 Å². The molecule has 0 spiro atoms. The Hall–Kier alpha value is -0.900. The van der Waals surface area contributed by atoms with Crippen molar-refractivity contribution in [2.75, 3.05) is 13.7 Å². The van der Waals surface area contributed by atoms with Crippen molar-refractivity contribution in [1.82, 2.24) is 5.48 Å². The van der Waals surface area contributed by atoms with E-state index in [1.54, 1.807) is 7.11 Å². The maximum Gasteiger partial charge on any atom is 0.0559 e. The molecule has 0 aromatic heterocycles. The molecule has 2 N–H and O–H groups in total. The van der Waals surface area contributed by atoms with E-state index in [1.807, 2.05) is 12.1 Å². The van der Waals surface area contributed by atoms with E-state index in [2.05, 4.69) is 17.6 Å². The summed E-state index contributed by atoms with van der Waals surface area (Å²) < 4.78 is 5.25. The van der Waals surface area contributed by atoms with Crippen LogP contribution in [-0.2, 0) is 16.7 Å². The zero-order valence-corrected chi connectivity index (χ0v) is 8.99. The van der Waals surface area contributed by atoms with Crippen LogP contribution in [0.5, 0.6) is 0 Å². The molecular formula is C12H17NO2. The van der Waals surface area contributed by atoms with E-state index in [-0.39, 0.29) is 5.41 Å². The highest BCUT2D eigenvalue weighted by Gasteiger charge is 2.44. The van der Waals surface area contributed by atoms with Gasteiger partial charge in [-0.3, -0.25) is 0 Å². The van der Waals surface area contributed by atoms with Crippen LogP contribution in [0.1, 0.15) is 24.0 Å². The third-order valence-corrected chi connectivity index (χ3v) is 3.12.